The number of carbonyl (C=O) groups is 4. The lowest BCUT2D eigenvalue weighted by Crippen LogP contribution is -2.27. The van der Waals surface area contributed by atoms with Gasteiger partial charge in [-0.05, 0) is 86.2 Å². The molecule has 0 amide bonds. The van der Waals surface area contributed by atoms with Crippen LogP contribution in [-0.4, -0.2) is 37.1 Å². The van der Waals surface area contributed by atoms with Crippen LogP contribution in [-0.2, 0) is 19.1 Å². The molecule has 2 aliphatic carbocycles. The smallest absolute Gasteiger partial charge is 0.423 e. The van der Waals surface area contributed by atoms with Crippen LogP contribution in [0.25, 0.3) is 0 Å². The third-order valence-corrected chi connectivity index (χ3v) is 10.9. The summed E-state index contributed by atoms with van der Waals surface area (Å²) < 4.78 is 21.4. The largest absolute Gasteiger partial charge is 0.462 e. The van der Waals surface area contributed by atoms with Crippen LogP contribution in [0.5, 0.6) is 11.5 Å². The second-order valence-corrected chi connectivity index (χ2v) is 15.2. The summed E-state index contributed by atoms with van der Waals surface area (Å²) in [5.74, 6) is -3.61. The van der Waals surface area contributed by atoms with E-state index in [4.69, 9.17) is 88.6 Å². The number of halogens is 6. The van der Waals surface area contributed by atoms with Gasteiger partial charge in [0.05, 0.1) is 43.3 Å². The molecule has 2 atom stereocenters. The van der Waals surface area contributed by atoms with Gasteiger partial charge in [0.1, 0.15) is 11.1 Å². The summed E-state index contributed by atoms with van der Waals surface area (Å²) in [7, 11) is 0. The average Bonchev–Trinajstić information content (AvgIpc) is 3.94. The van der Waals surface area contributed by atoms with Gasteiger partial charge in [-0.3, -0.25) is 0 Å². The molecular formula is C34H36Cl6O8. The molecule has 0 heterocycles. The standard InChI is InChI=1S/C34H36Cl6O8/c1-15(2)19(17-5-6-17)9-11-45-31(41)25-27(39)21(35)13-23(37)29(25)47-33(43)34(44)48-30-24(38)14-22(36)28(40)26(30)32(42)46-12-10-20(16(3)4)18-7-8-18/h13-20H,5-12H2,1-4H3. The van der Waals surface area contributed by atoms with E-state index in [2.05, 4.69) is 27.7 Å². The molecule has 0 N–H and O–H groups in total. The first-order valence-electron chi connectivity index (χ1n) is 15.7. The predicted octanol–water partition coefficient (Wildman–Crippen LogP) is 10.6. The van der Waals surface area contributed by atoms with Crippen molar-refractivity contribution in [3.05, 3.63) is 53.4 Å². The molecule has 0 aliphatic heterocycles. The highest BCUT2D eigenvalue weighted by Gasteiger charge is 2.36. The number of carbonyl (C=O) groups excluding carboxylic acids is 4. The Bertz CT molecular complexity index is 1450. The molecule has 262 valence electrons. The van der Waals surface area contributed by atoms with Gasteiger partial charge in [-0.2, -0.15) is 0 Å². The molecule has 8 nitrogen and oxygen atoms in total. The minimum atomic E-state index is -1.64. The van der Waals surface area contributed by atoms with E-state index in [1.165, 1.54) is 0 Å². The molecule has 0 spiro atoms. The fourth-order valence-corrected chi connectivity index (χ4v) is 7.42. The molecule has 14 heteroatoms. The van der Waals surface area contributed by atoms with Crippen molar-refractivity contribution in [1.29, 1.82) is 0 Å². The van der Waals surface area contributed by atoms with E-state index < -0.39 is 46.5 Å². The quantitative estimate of drug-likeness (QED) is 0.0807. The topological polar surface area (TPSA) is 105 Å². The number of esters is 4. The number of hydrogen-bond acceptors (Lipinski definition) is 8. The van der Waals surface area contributed by atoms with Crippen LogP contribution in [0.2, 0.25) is 30.1 Å². The molecule has 2 unspecified atom stereocenters. The maximum atomic E-state index is 13.2. The zero-order valence-electron chi connectivity index (χ0n) is 26.8. The van der Waals surface area contributed by atoms with E-state index >= 15 is 0 Å². The molecule has 2 aliphatic rings. The third kappa shape index (κ3) is 9.64. The summed E-state index contributed by atoms with van der Waals surface area (Å²) in [6.45, 7) is 8.60. The molecule has 0 aromatic heterocycles. The second kappa shape index (κ2) is 16.8. The van der Waals surface area contributed by atoms with Crippen molar-refractivity contribution in [2.75, 3.05) is 13.2 Å². The van der Waals surface area contributed by atoms with E-state index in [0.29, 0.717) is 48.3 Å². The van der Waals surface area contributed by atoms with Crippen molar-refractivity contribution < 1.29 is 38.1 Å². The molecule has 2 saturated carbocycles. The maximum absolute atomic E-state index is 13.2. The fourth-order valence-electron chi connectivity index (χ4n) is 5.99. The highest BCUT2D eigenvalue weighted by molar-refractivity contribution is 6.47. The molecule has 48 heavy (non-hydrogen) atoms. The van der Waals surface area contributed by atoms with E-state index in [1.54, 1.807) is 0 Å². The van der Waals surface area contributed by atoms with Gasteiger partial charge in [0.25, 0.3) is 0 Å². The van der Waals surface area contributed by atoms with Crippen LogP contribution in [0.4, 0.5) is 0 Å². The summed E-state index contributed by atoms with van der Waals surface area (Å²) in [4.78, 5) is 52.4. The first kappa shape index (κ1) is 38.9. The highest BCUT2D eigenvalue weighted by atomic mass is 35.5. The zero-order valence-corrected chi connectivity index (χ0v) is 31.3. The Kier molecular flexibility index (Phi) is 13.6. The van der Waals surface area contributed by atoms with Gasteiger partial charge in [0.15, 0.2) is 11.5 Å². The van der Waals surface area contributed by atoms with E-state index in [9.17, 15) is 19.2 Å². The summed E-state index contributed by atoms with van der Waals surface area (Å²) in [6, 6.07) is 2.27. The maximum Gasteiger partial charge on any atom is 0.423 e. The summed E-state index contributed by atoms with van der Waals surface area (Å²) >= 11 is 37.5. The summed E-state index contributed by atoms with van der Waals surface area (Å²) in [6.07, 6.45) is 5.79. The zero-order chi connectivity index (χ0) is 35.4. The summed E-state index contributed by atoms with van der Waals surface area (Å²) in [5, 5.41) is -1.45. The number of benzene rings is 2. The SMILES string of the molecule is CC(C)C(CCOC(=O)c1c(Cl)c(Cl)cc(Cl)c1OC(=O)C(=O)Oc1c(Cl)cc(Cl)c(Cl)c1C(=O)OCCC(C(C)C)C1CC1)C1CC1. The molecule has 2 fully saturated rings. The predicted molar refractivity (Wildman–Crippen MR) is 186 cm³/mol. The van der Waals surface area contributed by atoms with E-state index in [0.717, 1.165) is 37.8 Å². The molecule has 0 bridgehead atoms. The van der Waals surface area contributed by atoms with Crippen LogP contribution in [0.1, 0.15) is 86.9 Å². The Labute approximate surface area is 309 Å². The second-order valence-electron chi connectivity index (χ2n) is 12.8. The first-order chi connectivity index (χ1) is 22.6. The van der Waals surface area contributed by atoms with Crippen molar-refractivity contribution in [1.82, 2.24) is 0 Å². The Hall–Kier alpha value is -1.94. The normalized spacial score (nSPS) is 15.7. The molecule has 2 aromatic carbocycles. The van der Waals surface area contributed by atoms with Crippen molar-refractivity contribution in [2.24, 2.45) is 35.5 Å². The average molecular weight is 785 g/mol. The van der Waals surface area contributed by atoms with Gasteiger partial charge in [0.2, 0.25) is 0 Å². The van der Waals surface area contributed by atoms with Gasteiger partial charge < -0.3 is 18.9 Å². The molecule has 4 rings (SSSR count). The third-order valence-electron chi connectivity index (χ3n) is 8.75. The van der Waals surface area contributed by atoms with Gasteiger partial charge >= 0.3 is 23.9 Å². The minimum absolute atomic E-state index is 0.0709. The van der Waals surface area contributed by atoms with Crippen LogP contribution < -0.4 is 9.47 Å². The van der Waals surface area contributed by atoms with E-state index in [1.807, 2.05) is 0 Å². The summed E-state index contributed by atoms with van der Waals surface area (Å²) in [5.41, 5.74) is -0.906. The van der Waals surface area contributed by atoms with Crippen molar-refractivity contribution in [3.63, 3.8) is 0 Å². The minimum Gasteiger partial charge on any atom is -0.462 e. The Balaban J connectivity index is 1.49. The number of ether oxygens (including phenoxy) is 4. The van der Waals surface area contributed by atoms with Gasteiger partial charge in [-0.1, -0.05) is 97.3 Å². The molecule has 0 radical (unpaired) electrons. The van der Waals surface area contributed by atoms with Gasteiger partial charge in [0, 0.05) is 0 Å². The molecular weight excluding hydrogens is 749 g/mol. The van der Waals surface area contributed by atoms with Crippen molar-refractivity contribution in [3.8, 4) is 11.5 Å². The monoisotopic (exact) mass is 782 g/mol. The Morgan fingerprint density at radius 1 is 0.604 bits per heavy atom. The van der Waals surface area contributed by atoms with E-state index in [-0.39, 0.29) is 43.3 Å². The Morgan fingerprint density at radius 2 is 0.938 bits per heavy atom. The molecule has 0 saturated heterocycles. The lowest BCUT2D eigenvalue weighted by atomic mass is 9.88. The highest BCUT2D eigenvalue weighted by Crippen LogP contribution is 2.45. The number of hydrogen-bond donors (Lipinski definition) is 0. The van der Waals surface area contributed by atoms with Gasteiger partial charge in [-0.25, -0.2) is 19.2 Å². The van der Waals surface area contributed by atoms with Crippen LogP contribution in [0, 0.1) is 35.5 Å². The van der Waals surface area contributed by atoms with Crippen molar-refractivity contribution in [2.45, 2.75) is 66.2 Å². The van der Waals surface area contributed by atoms with Crippen LogP contribution in [0.3, 0.4) is 0 Å². The first-order valence-corrected chi connectivity index (χ1v) is 18.0. The fraction of sp³-hybridized carbons (Fsp3) is 0.529. The Morgan fingerprint density at radius 3 is 1.23 bits per heavy atom. The molecule has 2 aromatic rings. The lowest BCUT2D eigenvalue weighted by molar-refractivity contribution is -0.156. The van der Waals surface area contributed by atoms with Gasteiger partial charge in [-0.15, -0.1) is 0 Å². The van der Waals surface area contributed by atoms with Crippen molar-refractivity contribution >= 4 is 93.5 Å². The lowest BCUT2D eigenvalue weighted by Gasteiger charge is -2.20. The number of rotatable bonds is 14. The van der Waals surface area contributed by atoms with Crippen LogP contribution in [0.15, 0.2) is 12.1 Å². The van der Waals surface area contributed by atoms with Crippen LogP contribution >= 0.6 is 69.6 Å².